The van der Waals surface area contributed by atoms with E-state index in [9.17, 15) is 4.79 Å². The second kappa shape index (κ2) is 7.88. The first kappa shape index (κ1) is 16.5. The topological polar surface area (TPSA) is 46.3 Å². The van der Waals surface area contributed by atoms with Gasteiger partial charge in [-0.05, 0) is 38.0 Å². The van der Waals surface area contributed by atoms with Crippen molar-refractivity contribution in [3.63, 3.8) is 0 Å². The van der Waals surface area contributed by atoms with Gasteiger partial charge in [-0.2, -0.15) is 0 Å². The molecule has 0 aromatic carbocycles. The highest BCUT2D eigenvalue weighted by Gasteiger charge is 2.32. The van der Waals surface area contributed by atoms with Crippen molar-refractivity contribution in [2.45, 2.75) is 65.8 Å². The zero-order valence-corrected chi connectivity index (χ0v) is 13.2. The molecule has 0 saturated heterocycles. The summed E-state index contributed by atoms with van der Waals surface area (Å²) < 4.78 is 0. The van der Waals surface area contributed by atoms with Gasteiger partial charge >= 0.3 is 0 Å². The van der Waals surface area contributed by atoms with Crippen LogP contribution in [0.1, 0.15) is 59.8 Å². The highest BCUT2D eigenvalue weighted by molar-refractivity contribution is 5.79. The summed E-state index contributed by atoms with van der Waals surface area (Å²) in [5.41, 5.74) is 6.13. The van der Waals surface area contributed by atoms with E-state index in [2.05, 4.69) is 32.6 Å². The summed E-state index contributed by atoms with van der Waals surface area (Å²) in [4.78, 5) is 14.7. The largest absolute Gasteiger partial charge is 0.342 e. The Kier molecular flexibility index (Phi) is 6.84. The van der Waals surface area contributed by atoms with E-state index in [1.807, 2.05) is 0 Å². The number of carbonyl (C=O) groups is 1. The van der Waals surface area contributed by atoms with Gasteiger partial charge < -0.3 is 10.6 Å². The number of nitrogens with two attached hydrogens (primary N) is 1. The monoisotopic (exact) mass is 268 g/mol. The molecule has 19 heavy (non-hydrogen) atoms. The minimum atomic E-state index is 0.167. The molecule has 1 rings (SSSR count). The van der Waals surface area contributed by atoms with E-state index in [-0.39, 0.29) is 12.0 Å². The zero-order chi connectivity index (χ0) is 14.4. The van der Waals surface area contributed by atoms with Crippen LogP contribution in [0, 0.1) is 17.8 Å². The normalized spacial score (nSPS) is 27.6. The van der Waals surface area contributed by atoms with Gasteiger partial charge in [-0.25, -0.2) is 0 Å². The summed E-state index contributed by atoms with van der Waals surface area (Å²) in [6.07, 6.45) is 5.30. The third-order valence-corrected chi connectivity index (χ3v) is 4.93. The van der Waals surface area contributed by atoms with E-state index in [0.29, 0.717) is 17.7 Å². The lowest BCUT2D eigenvalue weighted by molar-refractivity contribution is -0.137. The second-order valence-corrected chi connectivity index (χ2v) is 6.21. The van der Waals surface area contributed by atoms with Gasteiger partial charge in [0, 0.05) is 25.0 Å². The average molecular weight is 268 g/mol. The SMILES string of the molecule is CCC(CC)CN(CC)C(=O)C1CCC(C)C(N)C1. The fourth-order valence-corrected chi connectivity index (χ4v) is 3.07. The molecule has 0 aliphatic heterocycles. The molecule has 0 heterocycles. The summed E-state index contributed by atoms with van der Waals surface area (Å²) in [6, 6.07) is 0.203. The molecular formula is C16H32N2O. The molecule has 1 aliphatic carbocycles. The Balaban J connectivity index is 2.58. The molecule has 0 bridgehead atoms. The van der Waals surface area contributed by atoms with Gasteiger partial charge in [0.05, 0.1) is 0 Å². The lowest BCUT2D eigenvalue weighted by Gasteiger charge is -2.35. The van der Waals surface area contributed by atoms with Crippen molar-refractivity contribution in [3.8, 4) is 0 Å². The first-order valence-electron chi connectivity index (χ1n) is 8.07. The molecular weight excluding hydrogens is 236 g/mol. The van der Waals surface area contributed by atoms with E-state index in [1.165, 1.54) is 0 Å². The van der Waals surface area contributed by atoms with Crippen LogP contribution in [0.2, 0.25) is 0 Å². The highest BCUT2D eigenvalue weighted by atomic mass is 16.2. The summed E-state index contributed by atoms with van der Waals surface area (Å²) in [6.45, 7) is 10.5. The van der Waals surface area contributed by atoms with E-state index in [1.54, 1.807) is 0 Å². The van der Waals surface area contributed by atoms with Crippen molar-refractivity contribution >= 4 is 5.91 Å². The van der Waals surface area contributed by atoms with E-state index >= 15 is 0 Å². The fraction of sp³-hybridized carbons (Fsp3) is 0.938. The number of hydrogen-bond acceptors (Lipinski definition) is 2. The third-order valence-electron chi connectivity index (χ3n) is 4.93. The fourth-order valence-electron chi connectivity index (χ4n) is 3.07. The molecule has 0 spiro atoms. The van der Waals surface area contributed by atoms with Crippen LogP contribution in [0.5, 0.6) is 0 Å². The maximum absolute atomic E-state index is 12.6. The summed E-state index contributed by atoms with van der Waals surface area (Å²) in [5.74, 6) is 1.72. The molecule has 3 atom stereocenters. The van der Waals surface area contributed by atoms with Crippen LogP contribution >= 0.6 is 0 Å². The van der Waals surface area contributed by atoms with Gasteiger partial charge in [-0.1, -0.05) is 33.6 Å². The van der Waals surface area contributed by atoms with Crippen molar-refractivity contribution in [2.75, 3.05) is 13.1 Å². The molecule has 3 unspecified atom stereocenters. The maximum atomic E-state index is 12.6. The Morgan fingerprint density at radius 3 is 2.37 bits per heavy atom. The Bertz CT molecular complexity index is 276. The van der Waals surface area contributed by atoms with Crippen molar-refractivity contribution in [1.29, 1.82) is 0 Å². The van der Waals surface area contributed by atoms with E-state index < -0.39 is 0 Å². The second-order valence-electron chi connectivity index (χ2n) is 6.21. The smallest absolute Gasteiger partial charge is 0.225 e. The molecule has 3 heteroatoms. The summed E-state index contributed by atoms with van der Waals surface area (Å²) in [5, 5.41) is 0. The Labute approximate surface area is 118 Å². The number of amides is 1. The van der Waals surface area contributed by atoms with Gasteiger partial charge in [0.15, 0.2) is 0 Å². The lowest BCUT2D eigenvalue weighted by Crippen LogP contribution is -2.44. The predicted octanol–water partition coefficient (Wildman–Crippen LogP) is 3.03. The third kappa shape index (κ3) is 4.48. The van der Waals surface area contributed by atoms with Gasteiger partial charge in [0.1, 0.15) is 0 Å². The van der Waals surface area contributed by atoms with Crippen LogP contribution in [-0.4, -0.2) is 29.9 Å². The summed E-state index contributed by atoms with van der Waals surface area (Å²) >= 11 is 0. The van der Waals surface area contributed by atoms with Crippen molar-refractivity contribution in [1.82, 2.24) is 4.90 Å². The maximum Gasteiger partial charge on any atom is 0.225 e. The number of rotatable bonds is 6. The molecule has 1 fully saturated rings. The number of carbonyl (C=O) groups excluding carboxylic acids is 1. The number of hydrogen-bond donors (Lipinski definition) is 1. The van der Waals surface area contributed by atoms with Gasteiger partial charge in [-0.3, -0.25) is 4.79 Å². The Morgan fingerprint density at radius 1 is 1.26 bits per heavy atom. The lowest BCUT2D eigenvalue weighted by atomic mass is 9.79. The van der Waals surface area contributed by atoms with Crippen LogP contribution < -0.4 is 5.73 Å². The van der Waals surface area contributed by atoms with Crippen LogP contribution in [0.15, 0.2) is 0 Å². The van der Waals surface area contributed by atoms with Crippen LogP contribution in [0.25, 0.3) is 0 Å². The molecule has 1 amide bonds. The van der Waals surface area contributed by atoms with Gasteiger partial charge in [0.2, 0.25) is 5.91 Å². The summed E-state index contributed by atoms with van der Waals surface area (Å²) in [7, 11) is 0. The Hall–Kier alpha value is -0.570. The molecule has 2 N–H and O–H groups in total. The molecule has 0 aromatic heterocycles. The van der Waals surface area contributed by atoms with Crippen molar-refractivity contribution in [2.24, 2.45) is 23.5 Å². The highest BCUT2D eigenvalue weighted by Crippen LogP contribution is 2.29. The predicted molar refractivity (Wildman–Crippen MR) is 80.8 cm³/mol. The minimum absolute atomic E-state index is 0.167. The van der Waals surface area contributed by atoms with Crippen molar-refractivity contribution in [3.05, 3.63) is 0 Å². The first-order valence-corrected chi connectivity index (χ1v) is 8.07. The van der Waals surface area contributed by atoms with Crippen LogP contribution in [-0.2, 0) is 4.79 Å². The average Bonchev–Trinajstić information content (AvgIpc) is 2.42. The standard InChI is InChI=1S/C16H32N2O/c1-5-13(6-2)11-18(7-3)16(19)14-9-8-12(4)15(17)10-14/h12-15H,5-11,17H2,1-4H3. The molecule has 1 aliphatic rings. The van der Waals surface area contributed by atoms with Crippen LogP contribution in [0.3, 0.4) is 0 Å². The first-order chi connectivity index (χ1) is 9.03. The zero-order valence-electron chi connectivity index (χ0n) is 13.2. The molecule has 0 radical (unpaired) electrons. The molecule has 112 valence electrons. The van der Waals surface area contributed by atoms with Gasteiger partial charge in [0.25, 0.3) is 0 Å². The quantitative estimate of drug-likeness (QED) is 0.805. The molecule has 0 aromatic rings. The van der Waals surface area contributed by atoms with E-state index in [0.717, 1.165) is 45.2 Å². The molecule has 1 saturated carbocycles. The minimum Gasteiger partial charge on any atom is -0.342 e. The van der Waals surface area contributed by atoms with Crippen molar-refractivity contribution < 1.29 is 4.79 Å². The van der Waals surface area contributed by atoms with Crippen LogP contribution in [0.4, 0.5) is 0 Å². The number of nitrogens with zero attached hydrogens (tertiary/aromatic N) is 1. The van der Waals surface area contributed by atoms with E-state index in [4.69, 9.17) is 5.73 Å². The molecule has 3 nitrogen and oxygen atoms in total. The Morgan fingerprint density at radius 2 is 1.89 bits per heavy atom. The van der Waals surface area contributed by atoms with Gasteiger partial charge in [-0.15, -0.1) is 0 Å².